The Morgan fingerprint density at radius 2 is 1.75 bits per heavy atom. The Bertz CT molecular complexity index is 785. The molecular formula is C23H30N2O3. The number of ether oxygens (including phenoxy) is 1. The molecular weight excluding hydrogens is 352 g/mol. The molecule has 2 aromatic rings. The van der Waals surface area contributed by atoms with Crippen molar-refractivity contribution in [2.24, 2.45) is 0 Å². The van der Waals surface area contributed by atoms with Crippen LogP contribution in [0.3, 0.4) is 0 Å². The number of benzene rings is 2. The van der Waals surface area contributed by atoms with Crippen LogP contribution in [-0.2, 0) is 16.0 Å². The van der Waals surface area contributed by atoms with Gasteiger partial charge in [-0.1, -0.05) is 44.2 Å². The average molecular weight is 383 g/mol. The SMILES string of the molecule is COc1ccc(CCNC(=O)CCN(C(C)=O)c2ccccc2C(C)C)cc1. The highest BCUT2D eigenvalue weighted by atomic mass is 16.5. The number of carbonyl (C=O) groups excluding carboxylic acids is 2. The zero-order valence-corrected chi connectivity index (χ0v) is 17.2. The number of methoxy groups -OCH3 is 1. The summed E-state index contributed by atoms with van der Waals surface area (Å²) in [5, 5.41) is 2.93. The Kier molecular flexibility index (Phi) is 8.05. The van der Waals surface area contributed by atoms with E-state index in [1.807, 2.05) is 48.5 Å². The van der Waals surface area contributed by atoms with Gasteiger partial charge in [-0.2, -0.15) is 0 Å². The fraction of sp³-hybridized carbons (Fsp3) is 0.391. The summed E-state index contributed by atoms with van der Waals surface area (Å²) in [4.78, 5) is 26.1. The predicted molar refractivity (Wildman–Crippen MR) is 113 cm³/mol. The lowest BCUT2D eigenvalue weighted by molar-refractivity contribution is -0.121. The minimum absolute atomic E-state index is 0.0539. The standard InChI is InChI=1S/C23H30N2O3/c1-17(2)21-7-5-6-8-22(21)25(18(3)26)16-14-23(27)24-15-13-19-9-11-20(28-4)12-10-19/h5-12,17H,13-16H2,1-4H3,(H,24,27). The fourth-order valence-corrected chi connectivity index (χ4v) is 3.11. The molecule has 0 aliphatic rings. The third-order valence-electron chi connectivity index (χ3n) is 4.69. The average Bonchev–Trinajstić information content (AvgIpc) is 2.68. The molecule has 0 saturated carbocycles. The Labute approximate surface area is 167 Å². The lowest BCUT2D eigenvalue weighted by Gasteiger charge is -2.25. The van der Waals surface area contributed by atoms with Crippen LogP contribution >= 0.6 is 0 Å². The second-order valence-electron chi connectivity index (χ2n) is 7.08. The molecule has 0 unspecified atom stereocenters. The van der Waals surface area contributed by atoms with Gasteiger partial charge in [-0.05, 0) is 41.7 Å². The van der Waals surface area contributed by atoms with E-state index in [0.717, 1.165) is 29.0 Å². The largest absolute Gasteiger partial charge is 0.497 e. The number of anilines is 1. The van der Waals surface area contributed by atoms with Crippen molar-refractivity contribution in [2.45, 2.75) is 39.5 Å². The molecule has 2 aromatic carbocycles. The highest BCUT2D eigenvalue weighted by Gasteiger charge is 2.17. The first-order valence-electron chi connectivity index (χ1n) is 9.69. The second kappa shape index (κ2) is 10.5. The van der Waals surface area contributed by atoms with Crippen LogP contribution in [0.2, 0.25) is 0 Å². The lowest BCUT2D eigenvalue weighted by Crippen LogP contribution is -2.35. The summed E-state index contributed by atoms with van der Waals surface area (Å²) >= 11 is 0. The smallest absolute Gasteiger partial charge is 0.223 e. The van der Waals surface area contributed by atoms with Crippen LogP contribution in [0.15, 0.2) is 48.5 Å². The van der Waals surface area contributed by atoms with Crippen LogP contribution in [0.1, 0.15) is 44.2 Å². The molecule has 5 heteroatoms. The second-order valence-corrected chi connectivity index (χ2v) is 7.08. The van der Waals surface area contributed by atoms with Crippen molar-refractivity contribution in [3.8, 4) is 5.75 Å². The molecule has 0 atom stereocenters. The maximum absolute atomic E-state index is 12.2. The minimum Gasteiger partial charge on any atom is -0.497 e. The normalized spacial score (nSPS) is 10.6. The highest BCUT2D eigenvalue weighted by Crippen LogP contribution is 2.27. The third-order valence-corrected chi connectivity index (χ3v) is 4.69. The summed E-state index contributed by atoms with van der Waals surface area (Å²) in [6, 6.07) is 15.7. The highest BCUT2D eigenvalue weighted by molar-refractivity contribution is 5.93. The maximum atomic E-state index is 12.2. The third kappa shape index (κ3) is 6.12. The van der Waals surface area contributed by atoms with Gasteiger partial charge in [0.2, 0.25) is 11.8 Å². The summed E-state index contributed by atoms with van der Waals surface area (Å²) in [6.45, 7) is 6.67. The molecule has 0 spiro atoms. The van der Waals surface area contributed by atoms with E-state index in [9.17, 15) is 9.59 Å². The molecule has 5 nitrogen and oxygen atoms in total. The number of amides is 2. The fourth-order valence-electron chi connectivity index (χ4n) is 3.11. The van der Waals surface area contributed by atoms with Crippen molar-refractivity contribution >= 4 is 17.5 Å². The first-order chi connectivity index (χ1) is 13.4. The summed E-state index contributed by atoms with van der Waals surface area (Å²) in [5.74, 6) is 1.01. The molecule has 28 heavy (non-hydrogen) atoms. The van der Waals surface area contributed by atoms with Gasteiger partial charge in [0.05, 0.1) is 7.11 Å². The van der Waals surface area contributed by atoms with Gasteiger partial charge in [-0.3, -0.25) is 9.59 Å². The Morgan fingerprint density at radius 1 is 1.07 bits per heavy atom. The van der Waals surface area contributed by atoms with Gasteiger partial charge >= 0.3 is 0 Å². The van der Waals surface area contributed by atoms with Crippen molar-refractivity contribution in [1.82, 2.24) is 5.32 Å². The number of rotatable bonds is 9. The van der Waals surface area contributed by atoms with E-state index in [4.69, 9.17) is 4.74 Å². The molecule has 0 bridgehead atoms. The lowest BCUT2D eigenvalue weighted by atomic mass is 10.0. The number of nitrogens with zero attached hydrogens (tertiary/aromatic N) is 1. The van der Waals surface area contributed by atoms with E-state index < -0.39 is 0 Å². The maximum Gasteiger partial charge on any atom is 0.223 e. The van der Waals surface area contributed by atoms with Gasteiger partial charge in [-0.25, -0.2) is 0 Å². The van der Waals surface area contributed by atoms with Crippen molar-refractivity contribution in [3.05, 3.63) is 59.7 Å². The number of nitrogens with one attached hydrogen (secondary N) is 1. The predicted octanol–water partition coefficient (Wildman–Crippen LogP) is 3.92. The summed E-state index contributed by atoms with van der Waals surface area (Å²) in [5.41, 5.74) is 3.13. The Hall–Kier alpha value is -2.82. The molecule has 0 aliphatic heterocycles. The van der Waals surface area contributed by atoms with E-state index in [0.29, 0.717) is 19.0 Å². The molecule has 0 aliphatic carbocycles. The van der Waals surface area contributed by atoms with Crippen LogP contribution in [0, 0.1) is 0 Å². The van der Waals surface area contributed by atoms with Gasteiger partial charge in [0.25, 0.3) is 0 Å². The zero-order chi connectivity index (χ0) is 20.5. The molecule has 1 N–H and O–H groups in total. The van der Waals surface area contributed by atoms with Crippen LogP contribution in [0.4, 0.5) is 5.69 Å². The van der Waals surface area contributed by atoms with Crippen molar-refractivity contribution < 1.29 is 14.3 Å². The van der Waals surface area contributed by atoms with Gasteiger partial charge < -0.3 is 15.0 Å². The molecule has 2 amide bonds. The molecule has 0 saturated heterocycles. The van der Waals surface area contributed by atoms with Crippen LogP contribution in [-0.4, -0.2) is 32.0 Å². The molecule has 150 valence electrons. The Balaban J connectivity index is 1.88. The van der Waals surface area contributed by atoms with Crippen LogP contribution in [0.5, 0.6) is 5.75 Å². The van der Waals surface area contributed by atoms with Gasteiger partial charge in [0.15, 0.2) is 0 Å². The molecule has 0 fully saturated rings. The van der Waals surface area contributed by atoms with Gasteiger partial charge in [-0.15, -0.1) is 0 Å². The first-order valence-corrected chi connectivity index (χ1v) is 9.69. The molecule has 2 rings (SSSR count). The number of para-hydroxylation sites is 1. The van der Waals surface area contributed by atoms with Gasteiger partial charge in [0, 0.05) is 32.1 Å². The van der Waals surface area contributed by atoms with Gasteiger partial charge in [0.1, 0.15) is 5.75 Å². The monoisotopic (exact) mass is 382 g/mol. The van der Waals surface area contributed by atoms with E-state index in [2.05, 4.69) is 19.2 Å². The minimum atomic E-state index is -0.0564. The molecule has 0 heterocycles. The first kappa shape index (κ1) is 21.5. The van der Waals surface area contributed by atoms with E-state index in [1.54, 1.807) is 18.9 Å². The topological polar surface area (TPSA) is 58.6 Å². The van der Waals surface area contributed by atoms with Crippen molar-refractivity contribution in [3.63, 3.8) is 0 Å². The molecule has 0 radical (unpaired) electrons. The summed E-state index contributed by atoms with van der Waals surface area (Å²) in [7, 11) is 1.64. The zero-order valence-electron chi connectivity index (χ0n) is 17.2. The summed E-state index contributed by atoms with van der Waals surface area (Å²) < 4.78 is 5.14. The molecule has 0 aromatic heterocycles. The van der Waals surface area contributed by atoms with Crippen LogP contribution < -0.4 is 15.0 Å². The van der Waals surface area contributed by atoms with Crippen molar-refractivity contribution in [2.75, 3.05) is 25.1 Å². The number of hydrogen-bond acceptors (Lipinski definition) is 3. The van der Waals surface area contributed by atoms with E-state index >= 15 is 0 Å². The van der Waals surface area contributed by atoms with E-state index in [1.165, 1.54) is 0 Å². The van der Waals surface area contributed by atoms with Crippen LogP contribution in [0.25, 0.3) is 0 Å². The number of hydrogen-bond donors (Lipinski definition) is 1. The Morgan fingerprint density at radius 3 is 2.36 bits per heavy atom. The van der Waals surface area contributed by atoms with Crippen molar-refractivity contribution in [1.29, 1.82) is 0 Å². The number of carbonyl (C=O) groups is 2. The summed E-state index contributed by atoms with van der Waals surface area (Å²) in [6.07, 6.45) is 1.02. The van der Waals surface area contributed by atoms with E-state index in [-0.39, 0.29) is 18.2 Å². The quantitative estimate of drug-likeness (QED) is 0.715.